The fourth-order valence-corrected chi connectivity index (χ4v) is 3.65. The molecule has 0 radical (unpaired) electrons. The molecule has 0 N–H and O–H groups in total. The van der Waals surface area contributed by atoms with Gasteiger partial charge in [-0.1, -0.05) is 18.5 Å². The average Bonchev–Trinajstić information content (AvgIpc) is 3.03. The van der Waals surface area contributed by atoms with Crippen molar-refractivity contribution < 1.29 is 9.53 Å². The van der Waals surface area contributed by atoms with E-state index in [9.17, 15) is 9.59 Å². The van der Waals surface area contributed by atoms with Crippen LogP contribution in [0.25, 0.3) is 16.2 Å². The first-order chi connectivity index (χ1) is 12.0. The molecule has 0 saturated carbocycles. The second kappa shape index (κ2) is 6.93. The molecule has 130 valence electrons. The lowest BCUT2D eigenvalue weighted by Crippen LogP contribution is -2.21. The van der Waals surface area contributed by atoms with Gasteiger partial charge in [-0.15, -0.1) is 11.3 Å². The lowest BCUT2D eigenvalue weighted by molar-refractivity contribution is 0.0524. The van der Waals surface area contributed by atoms with E-state index in [0.717, 1.165) is 12.1 Å². The third kappa shape index (κ3) is 3.17. The Morgan fingerprint density at radius 1 is 1.36 bits per heavy atom. The minimum atomic E-state index is -0.662. The summed E-state index contributed by atoms with van der Waals surface area (Å²) in [6.07, 6.45) is 2.22. The van der Waals surface area contributed by atoms with Crippen molar-refractivity contribution in [3.05, 3.63) is 49.8 Å². The fourth-order valence-electron chi connectivity index (χ4n) is 2.52. The Bertz CT molecular complexity index is 1030. The van der Waals surface area contributed by atoms with E-state index >= 15 is 0 Å². The Morgan fingerprint density at radius 3 is 2.76 bits per heavy atom. The molecule has 0 aliphatic carbocycles. The van der Waals surface area contributed by atoms with Crippen molar-refractivity contribution in [2.75, 3.05) is 6.61 Å². The molecule has 0 fully saturated rings. The molecule has 0 spiro atoms. The predicted molar refractivity (Wildman–Crippen MR) is 98.1 cm³/mol. The first-order valence-electron chi connectivity index (χ1n) is 7.80. The number of nitrogens with zero attached hydrogens (tertiary/aromatic N) is 3. The van der Waals surface area contributed by atoms with Crippen LogP contribution in [0.1, 0.15) is 35.5 Å². The number of aromatic nitrogens is 3. The summed E-state index contributed by atoms with van der Waals surface area (Å²) >= 11 is 7.49. The molecule has 3 heterocycles. The molecule has 0 bridgehead atoms. The van der Waals surface area contributed by atoms with Crippen LogP contribution < -0.4 is 5.43 Å². The van der Waals surface area contributed by atoms with Gasteiger partial charge in [0.1, 0.15) is 10.7 Å². The Balaban J connectivity index is 2.39. The van der Waals surface area contributed by atoms with Gasteiger partial charge in [-0.2, -0.15) is 0 Å². The zero-order valence-corrected chi connectivity index (χ0v) is 15.6. The monoisotopic (exact) mass is 377 g/mol. The maximum Gasteiger partial charge on any atom is 0.343 e. The van der Waals surface area contributed by atoms with Crippen molar-refractivity contribution in [1.29, 1.82) is 0 Å². The van der Waals surface area contributed by atoms with Crippen molar-refractivity contribution >= 4 is 39.9 Å². The Morgan fingerprint density at radius 2 is 2.12 bits per heavy atom. The normalized spacial score (nSPS) is 11.0. The van der Waals surface area contributed by atoms with Crippen LogP contribution in [-0.2, 0) is 11.2 Å². The van der Waals surface area contributed by atoms with Crippen molar-refractivity contribution in [2.45, 2.75) is 27.2 Å². The van der Waals surface area contributed by atoms with Crippen molar-refractivity contribution in [3.63, 3.8) is 0 Å². The fraction of sp³-hybridized carbons (Fsp3) is 0.294. The molecule has 0 atom stereocenters. The van der Waals surface area contributed by atoms with E-state index in [-0.39, 0.29) is 17.3 Å². The summed E-state index contributed by atoms with van der Waals surface area (Å²) in [5.41, 5.74) is 1.48. The van der Waals surface area contributed by atoms with Crippen LogP contribution in [0.3, 0.4) is 0 Å². The van der Waals surface area contributed by atoms with E-state index in [1.54, 1.807) is 24.5 Å². The van der Waals surface area contributed by atoms with Gasteiger partial charge in [0.25, 0.3) is 0 Å². The van der Waals surface area contributed by atoms with Gasteiger partial charge in [-0.25, -0.2) is 14.8 Å². The van der Waals surface area contributed by atoms with Crippen molar-refractivity contribution in [2.24, 2.45) is 0 Å². The van der Waals surface area contributed by atoms with Crippen LogP contribution in [-0.4, -0.2) is 27.1 Å². The van der Waals surface area contributed by atoms with Crippen LogP contribution in [0.2, 0.25) is 5.15 Å². The summed E-state index contributed by atoms with van der Waals surface area (Å²) in [5.74, 6) is -0.662. The summed E-state index contributed by atoms with van der Waals surface area (Å²) in [7, 11) is 0. The molecule has 0 aliphatic heterocycles. The third-order valence-corrected chi connectivity index (χ3v) is 4.81. The molecule has 8 heteroatoms. The SMILES string of the molecule is CCOC(=O)c1cn(-c2nc(CC)cs2)c2nc(Cl)cc(C)c2c1=O. The smallest absolute Gasteiger partial charge is 0.343 e. The standard InChI is InChI=1S/C17H16ClN3O3S/c1-4-10-8-25-17(19-10)21-7-11(16(23)24-5-2)14(22)13-9(3)6-12(18)20-15(13)21/h6-8H,4-5H2,1-3H3. The van der Waals surface area contributed by atoms with Gasteiger partial charge in [0.2, 0.25) is 5.43 Å². The predicted octanol–water partition coefficient (Wildman–Crippen LogP) is 3.54. The number of ether oxygens (including phenoxy) is 1. The zero-order valence-electron chi connectivity index (χ0n) is 14.0. The van der Waals surface area contributed by atoms with Crippen LogP contribution in [0.4, 0.5) is 0 Å². The third-order valence-electron chi connectivity index (χ3n) is 3.73. The number of esters is 1. The minimum Gasteiger partial charge on any atom is -0.462 e. The second-order valence-corrected chi connectivity index (χ2v) is 6.62. The van der Waals surface area contributed by atoms with Crippen molar-refractivity contribution in [1.82, 2.24) is 14.5 Å². The maximum absolute atomic E-state index is 12.8. The largest absolute Gasteiger partial charge is 0.462 e. The molecule has 0 aromatic carbocycles. The van der Waals surface area contributed by atoms with E-state index in [0.29, 0.717) is 21.7 Å². The number of hydrogen-bond donors (Lipinski definition) is 0. The molecule has 6 nitrogen and oxygen atoms in total. The number of halogens is 1. The van der Waals surface area contributed by atoms with Crippen LogP contribution in [0, 0.1) is 6.92 Å². The number of rotatable bonds is 4. The quantitative estimate of drug-likeness (QED) is 0.513. The molecule has 0 amide bonds. The van der Waals surface area contributed by atoms with E-state index in [4.69, 9.17) is 16.3 Å². The molecule has 25 heavy (non-hydrogen) atoms. The lowest BCUT2D eigenvalue weighted by Gasteiger charge is -2.11. The highest BCUT2D eigenvalue weighted by molar-refractivity contribution is 7.12. The Kier molecular flexibility index (Phi) is 4.87. The van der Waals surface area contributed by atoms with Gasteiger partial charge in [0, 0.05) is 11.6 Å². The molecule has 3 aromatic rings. The number of aryl methyl sites for hydroxylation is 2. The Hall–Kier alpha value is -2.25. The maximum atomic E-state index is 12.8. The first kappa shape index (κ1) is 17.6. The summed E-state index contributed by atoms with van der Waals surface area (Å²) in [5, 5.41) is 3.15. The van der Waals surface area contributed by atoms with E-state index in [1.165, 1.54) is 17.5 Å². The van der Waals surface area contributed by atoms with Crippen molar-refractivity contribution in [3.8, 4) is 5.13 Å². The number of fused-ring (bicyclic) bond motifs is 1. The highest BCUT2D eigenvalue weighted by atomic mass is 35.5. The average molecular weight is 378 g/mol. The van der Waals surface area contributed by atoms with Gasteiger partial charge in [-0.05, 0) is 31.9 Å². The molecular formula is C17H16ClN3O3S. The molecule has 0 saturated heterocycles. The highest BCUT2D eigenvalue weighted by Gasteiger charge is 2.20. The van der Waals surface area contributed by atoms with Gasteiger partial charge in [-0.3, -0.25) is 9.36 Å². The van der Waals surface area contributed by atoms with E-state index in [1.807, 2.05) is 12.3 Å². The number of carbonyl (C=O) groups excluding carboxylic acids is 1. The molecule has 0 unspecified atom stereocenters. The molecule has 0 aliphatic rings. The summed E-state index contributed by atoms with van der Waals surface area (Å²) in [4.78, 5) is 33.9. The minimum absolute atomic E-state index is 0.0465. The summed E-state index contributed by atoms with van der Waals surface area (Å²) in [6, 6.07) is 1.60. The molecule has 3 aromatic heterocycles. The van der Waals surface area contributed by atoms with Crippen LogP contribution >= 0.6 is 22.9 Å². The second-order valence-electron chi connectivity index (χ2n) is 5.40. The topological polar surface area (TPSA) is 74.1 Å². The van der Waals surface area contributed by atoms with Gasteiger partial charge in [0.15, 0.2) is 10.8 Å². The summed E-state index contributed by atoms with van der Waals surface area (Å²) in [6.45, 7) is 5.64. The zero-order chi connectivity index (χ0) is 18.1. The number of pyridine rings is 2. The van der Waals surface area contributed by atoms with E-state index < -0.39 is 11.4 Å². The number of carbonyl (C=O) groups is 1. The lowest BCUT2D eigenvalue weighted by atomic mass is 10.1. The summed E-state index contributed by atoms with van der Waals surface area (Å²) < 4.78 is 6.65. The number of thiazole rings is 1. The van der Waals surface area contributed by atoms with Crippen LogP contribution in [0.15, 0.2) is 22.4 Å². The molecular weight excluding hydrogens is 362 g/mol. The van der Waals surface area contributed by atoms with Crippen LogP contribution in [0.5, 0.6) is 0 Å². The highest BCUT2D eigenvalue weighted by Crippen LogP contribution is 2.24. The van der Waals surface area contributed by atoms with Gasteiger partial charge >= 0.3 is 5.97 Å². The molecule has 3 rings (SSSR count). The number of hydrogen-bond acceptors (Lipinski definition) is 6. The Labute approximate surface area is 153 Å². The van der Waals surface area contributed by atoms with Gasteiger partial charge in [0.05, 0.1) is 17.7 Å². The van der Waals surface area contributed by atoms with E-state index in [2.05, 4.69) is 9.97 Å². The first-order valence-corrected chi connectivity index (χ1v) is 9.06. The van der Waals surface area contributed by atoms with Gasteiger partial charge < -0.3 is 4.74 Å².